The maximum Gasteiger partial charge on any atom is 0.116 e. The maximum atomic E-state index is 12.0. The third kappa shape index (κ3) is 5.21. The monoisotopic (exact) mass is 436 g/mol. The summed E-state index contributed by atoms with van der Waals surface area (Å²) in [5.41, 5.74) is 2.00. The summed E-state index contributed by atoms with van der Waals surface area (Å²) < 4.78 is 14.0. The van der Waals surface area contributed by atoms with E-state index in [1.807, 2.05) is 36.4 Å². The zero-order valence-corrected chi connectivity index (χ0v) is 14.3. The lowest BCUT2D eigenvalue weighted by molar-refractivity contribution is 0.484. The van der Waals surface area contributed by atoms with Crippen LogP contribution in [0.25, 0.3) is 0 Å². The molecule has 0 amide bonds. The second-order valence-corrected chi connectivity index (χ2v) is 5.72. The maximum absolute atomic E-state index is 12.0. The van der Waals surface area contributed by atoms with Crippen molar-refractivity contribution in [2.75, 3.05) is 0 Å². The van der Waals surface area contributed by atoms with Crippen molar-refractivity contribution in [1.29, 1.82) is 0 Å². The molecular formula is C14H12Br3F. The Bertz CT molecular complexity index is 440. The molecular weight excluding hydrogens is 427 g/mol. The van der Waals surface area contributed by atoms with Crippen LogP contribution in [0.15, 0.2) is 57.5 Å². The summed E-state index contributed by atoms with van der Waals surface area (Å²) in [6.45, 7) is -0.401. The molecule has 0 atom stereocenters. The molecule has 0 nitrogen and oxygen atoms in total. The summed E-state index contributed by atoms with van der Waals surface area (Å²) in [4.78, 5) is 0. The topological polar surface area (TPSA) is 0 Å². The van der Waals surface area contributed by atoms with Gasteiger partial charge in [0.1, 0.15) is 6.67 Å². The summed E-state index contributed by atoms with van der Waals surface area (Å²) in [7, 11) is 0. The zero-order valence-electron chi connectivity index (χ0n) is 9.54. The lowest BCUT2D eigenvalue weighted by Gasteiger charge is -1.95. The normalized spacial score (nSPS) is 9.56. The van der Waals surface area contributed by atoms with Crippen molar-refractivity contribution in [2.45, 2.75) is 12.0 Å². The molecule has 0 N–H and O–H groups in total. The molecule has 0 saturated heterocycles. The van der Waals surface area contributed by atoms with E-state index in [-0.39, 0.29) is 0 Å². The summed E-state index contributed by atoms with van der Waals surface area (Å²) in [6.07, 6.45) is 0. The molecule has 0 saturated carbocycles. The highest BCUT2D eigenvalue weighted by Crippen LogP contribution is 2.17. The first-order chi connectivity index (χ1) is 8.69. The second-order valence-electron chi connectivity index (χ2n) is 3.45. The van der Waals surface area contributed by atoms with Gasteiger partial charge in [0.25, 0.3) is 0 Å². The van der Waals surface area contributed by atoms with Crippen LogP contribution < -0.4 is 0 Å². The smallest absolute Gasteiger partial charge is 0.116 e. The van der Waals surface area contributed by atoms with Crippen LogP contribution in [0.5, 0.6) is 0 Å². The lowest BCUT2D eigenvalue weighted by Crippen LogP contribution is -1.77. The van der Waals surface area contributed by atoms with Crippen LogP contribution in [0.2, 0.25) is 0 Å². The Labute approximate surface area is 132 Å². The minimum Gasteiger partial charge on any atom is -0.246 e. The van der Waals surface area contributed by atoms with Crippen molar-refractivity contribution in [3.8, 4) is 0 Å². The average Bonchev–Trinajstić information content (AvgIpc) is 2.41. The van der Waals surface area contributed by atoms with Crippen LogP contribution in [-0.2, 0) is 12.0 Å². The van der Waals surface area contributed by atoms with Crippen LogP contribution in [0.1, 0.15) is 11.1 Å². The van der Waals surface area contributed by atoms with Crippen LogP contribution in [0.4, 0.5) is 4.39 Å². The number of hydrogen-bond donors (Lipinski definition) is 0. The van der Waals surface area contributed by atoms with E-state index in [0.29, 0.717) is 5.56 Å². The molecule has 0 aliphatic carbocycles. The van der Waals surface area contributed by atoms with E-state index in [2.05, 4.69) is 53.9 Å². The minimum atomic E-state index is -0.401. The predicted molar refractivity (Wildman–Crippen MR) is 85.7 cm³/mol. The molecule has 0 aliphatic heterocycles. The first-order valence-electron chi connectivity index (χ1n) is 5.27. The fourth-order valence-corrected chi connectivity index (χ4v) is 2.89. The molecule has 0 fully saturated rings. The number of rotatable bonds is 2. The predicted octanol–water partition coefficient (Wildman–Crippen LogP) is 6.26. The van der Waals surface area contributed by atoms with Crippen molar-refractivity contribution in [3.63, 3.8) is 0 Å². The Balaban J connectivity index is 0.000000180. The first-order valence-corrected chi connectivity index (χ1v) is 7.98. The molecule has 2 aromatic rings. The Morgan fingerprint density at radius 1 is 0.778 bits per heavy atom. The van der Waals surface area contributed by atoms with Gasteiger partial charge in [-0.2, -0.15) is 0 Å². The first kappa shape index (κ1) is 15.9. The molecule has 0 unspecified atom stereocenters. The average molecular weight is 439 g/mol. The molecule has 2 rings (SSSR count). The molecule has 0 spiro atoms. The number of benzene rings is 2. The van der Waals surface area contributed by atoms with Crippen molar-refractivity contribution in [1.82, 2.24) is 0 Å². The summed E-state index contributed by atoms with van der Waals surface area (Å²) in [5, 5.41) is 0.911. The standard InChI is InChI=1S/C7H6Br2.C7H6BrF/c8-5-6-3-1-2-4-7(6)9;8-7-4-2-1-3-6(7)5-9/h2*1-4H,5H2. The van der Waals surface area contributed by atoms with Gasteiger partial charge in [0.15, 0.2) is 0 Å². The van der Waals surface area contributed by atoms with Crippen LogP contribution >= 0.6 is 47.8 Å². The molecule has 4 heteroatoms. The van der Waals surface area contributed by atoms with Gasteiger partial charge < -0.3 is 0 Å². The Morgan fingerprint density at radius 3 is 1.50 bits per heavy atom. The van der Waals surface area contributed by atoms with Crippen molar-refractivity contribution in [2.24, 2.45) is 0 Å². The Hall–Kier alpha value is -0.190. The summed E-state index contributed by atoms with van der Waals surface area (Å²) in [6, 6.07) is 15.4. The molecule has 0 heterocycles. The Kier molecular flexibility index (Phi) is 7.79. The van der Waals surface area contributed by atoms with Gasteiger partial charge in [0, 0.05) is 14.3 Å². The fourth-order valence-electron chi connectivity index (χ4n) is 1.21. The van der Waals surface area contributed by atoms with E-state index in [4.69, 9.17) is 0 Å². The number of hydrogen-bond acceptors (Lipinski definition) is 0. The third-order valence-corrected chi connectivity index (χ3v) is 4.35. The van der Waals surface area contributed by atoms with Gasteiger partial charge >= 0.3 is 0 Å². The molecule has 0 aliphatic rings. The highest BCUT2D eigenvalue weighted by atomic mass is 79.9. The van der Waals surface area contributed by atoms with E-state index in [1.165, 1.54) is 10.0 Å². The molecule has 2 aromatic carbocycles. The van der Waals surface area contributed by atoms with Gasteiger partial charge in [-0.25, -0.2) is 4.39 Å². The molecule has 18 heavy (non-hydrogen) atoms. The lowest BCUT2D eigenvalue weighted by atomic mass is 10.2. The molecule has 0 radical (unpaired) electrons. The van der Waals surface area contributed by atoms with E-state index in [0.717, 1.165) is 9.80 Å². The van der Waals surface area contributed by atoms with Crippen LogP contribution in [0, 0.1) is 0 Å². The van der Waals surface area contributed by atoms with Gasteiger partial charge in [-0.05, 0) is 23.3 Å². The largest absolute Gasteiger partial charge is 0.246 e. The van der Waals surface area contributed by atoms with Crippen LogP contribution in [0.3, 0.4) is 0 Å². The highest BCUT2D eigenvalue weighted by molar-refractivity contribution is 9.11. The second kappa shape index (κ2) is 8.83. The van der Waals surface area contributed by atoms with Gasteiger partial charge in [0.2, 0.25) is 0 Å². The van der Waals surface area contributed by atoms with E-state index >= 15 is 0 Å². The van der Waals surface area contributed by atoms with Gasteiger partial charge in [-0.1, -0.05) is 84.2 Å². The summed E-state index contributed by atoms with van der Waals surface area (Å²) in [5.74, 6) is 0. The van der Waals surface area contributed by atoms with E-state index < -0.39 is 6.67 Å². The molecule has 96 valence electrons. The van der Waals surface area contributed by atoms with Gasteiger partial charge in [-0.15, -0.1) is 0 Å². The highest BCUT2D eigenvalue weighted by Gasteiger charge is 1.94. The quantitative estimate of drug-likeness (QED) is 0.485. The van der Waals surface area contributed by atoms with Crippen molar-refractivity contribution >= 4 is 47.8 Å². The minimum absolute atomic E-state index is 0.401. The molecule has 0 aromatic heterocycles. The summed E-state index contributed by atoms with van der Waals surface area (Å²) >= 11 is 10.0. The van der Waals surface area contributed by atoms with Gasteiger partial charge in [-0.3, -0.25) is 0 Å². The van der Waals surface area contributed by atoms with Crippen molar-refractivity contribution in [3.05, 3.63) is 68.6 Å². The molecule has 0 bridgehead atoms. The zero-order chi connectivity index (χ0) is 13.4. The number of halogens is 4. The fraction of sp³-hybridized carbons (Fsp3) is 0.143. The van der Waals surface area contributed by atoms with E-state index in [9.17, 15) is 4.39 Å². The third-order valence-electron chi connectivity index (χ3n) is 2.20. The van der Waals surface area contributed by atoms with E-state index in [1.54, 1.807) is 6.07 Å². The van der Waals surface area contributed by atoms with Crippen LogP contribution in [-0.4, -0.2) is 0 Å². The van der Waals surface area contributed by atoms with Crippen molar-refractivity contribution < 1.29 is 4.39 Å². The number of alkyl halides is 2. The SMILES string of the molecule is BrCc1ccccc1Br.FCc1ccccc1Br. The van der Waals surface area contributed by atoms with Gasteiger partial charge in [0.05, 0.1) is 0 Å². The Morgan fingerprint density at radius 2 is 1.22 bits per heavy atom.